The Morgan fingerprint density at radius 3 is 2.53 bits per heavy atom. The van der Waals surface area contributed by atoms with Crippen LogP contribution in [-0.4, -0.2) is 30.4 Å². The topological polar surface area (TPSA) is 64.9 Å². The molecule has 0 saturated heterocycles. The van der Waals surface area contributed by atoms with Gasteiger partial charge in [-0.2, -0.15) is 5.10 Å². The highest BCUT2D eigenvalue weighted by Gasteiger charge is 2.09. The van der Waals surface area contributed by atoms with E-state index in [1.165, 1.54) is 21.8 Å². The molecule has 0 bridgehead atoms. The van der Waals surface area contributed by atoms with Gasteiger partial charge in [-0.1, -0.05) is 36.4 Å². The van der Waals surface area contributed by atoms with E-state index in [1.54, 1.807) is 25.5 Å². The zero-order valence-electron chi connectivity index (χ0n) is 17.0. The van der Waals surface area contributed by atoms with Crippen molar-refractivity contribution in [3.63, 3.8) is 0 Å². The summed E-state index contributed by atoms with van der Waals surface area (Å²) in [6, 6.07) is 21.7. The molecular weight excluding hydrogens is 378 g/mol. The van der Waals surface area contributed by atoms with E-state index in [9.17, 15) is 4.79 Å². The molecule has 6 nitrogen and oxygen atoms in total. The number of nitrogens with zero attached hydrogens (tertiary/aromatic N) is 2. The maximum Gasteiger partial charge on any atom is 0.277 e. The van der Waals surface area contributed by atoms with Crippen molar-refractivity contribution in [1.29, 1.82) is 0 Å². The highest BCUT2D eigenvalue weighted by atomic mass is 16.5. The Balaban J connectivity index is 1.45. The molecule has 1 aromatic heterocycles. The first-order valence-electron chi connectivity index (χ1n) is 9.80. The standard InChI is InChI=1S/C24H23N3O3/c1-3-27-20-9-5-4-8-18(20)19-14-17(12-13-21(19)27)15-25-26-24(28)16-30-23-11-7-6-10-22(23)29-2/h4-15H,3,16H2,1-2H3,(H,26,28)/b25-15+. The third-order valence-electron chi connectivity index (χ3n) is 4.94. The lowest BCUT2D eigenvalue weighted by atomic mass is 10.1. The first-order chi connectivity index (χ1) is 14.7. The first-order valence-corrected chi connectivity index (χ1v) is 9.80. The molecule has 0 radical (unpaired) electrons. The lowest BCUT2D eigenvalue weighted by Gasteiger charge is -2.09. The van der Waals surface area contributed by atoms with Gasteiger partial charge in [0.05, 0.1) is 13.3 Å². The fraction of sp³-hybridized carbons (Fsp3) is 0.167. The van der Waals surface area contributed by atoms with Crippen molar-refractivity contribution >= 4 is 33.9 Å². The van der Waals surface area contributed by atoms with Crippen molar-refractivity contribution in [2.75, 3.05) is 13.7 Å². The quantitative estimate of drug-likeness (QED) is 0.370. The third-order valence-corrected chi connectivity index (χ3v) is 4.94. The summed E-state index contributed by atoms with van der Waals surface area (Å²) in [5, 5.41) is 6.44. The maximum absolute atomic E-state index is 12.0. The largest absolute Gasteiger partial charge is 0.493 e. The Kier molecular flexibility index (Phi) is 5.66. The van der Waals surface area contributed by atoms with Crippen LogP contribution in [0.25, 0.3) is 21.8 Å². The summed E-state index contributed by atoms with van der Waals surface area (Å²) in [7, 11) is 1.56. The molecule has 1 N–H and O–H groups in total. The number of methoxy groups -OCH3 is 1. The summed E-state index contributed by atoms with van der Waals surface area (Å²) in [6.45, 7) is 2.89. The maximum atomic E-state index is 12.0. The van der Waals surface area contributed by atoms with E-state index >= 15 is 0 Å². The predicted molar refractivity (Wildman–Crippen MR) is 119 cm³/mol. The van der Waals surface area contributed by atoms with Crippen molar-refractivity contribution in [1.82, 2.24) is 9.99 Å². The molecule has 1 amide bonds. The molecule has 1 heterocycles. The Labute approximate surface area is 174 Å². The summed E-state index contributed by atoms with van der Waals surface area (Å²) in [6.07, 6.45) is 1.64. The summed E-state index contributed by atoms with van der Waals surface area (Å²) < 4.78 is 13.0. The van der Waals surface area contributed by atoms with Crippen LogP contribution in [0.5, 0.6) is 11.5 Å². The van der Waals surface area contributed by atoms with Gasteiger partial charge < -0.3 is 14.0 Å². The number of para-hydroxylation sites is 3. The average Bonchev–Trinajstić information content (AvgIpc) is 3.11. The Hall–Kier alpha value is -3.80. The van der Waals surface area contributed by atoms with Gasteiger partial charge in [-0.3, -0.25) is 4.79 Å². The van der Waals surface area contributed by atoms with Gasteiger partial charge in [0.25, 0.3) is 5.91 Å². The van der Waals surface area contributed by atoms with E-state index in [-0.39, 0.29) is 12.5 Å². The van der Waals surface area contributed by atoms with Crippen LogP contribution in [0.2, 0.25) is 0 Å². The van der Waals surface area contributed by atoms with Crippen molar-refractivity contribution in [3.05, 3.63) is 72.3 Å². The van der Waals surface area contributed by atoms with Crippen LogP contribution < -0.4 is 14.9 Å². The van der Waals surface area contributed by atoms with Gasteiger partial charge in [0.2, 0.25) is 0 Å². The SMILES string of the molecule is CCn1c2ccccc2c2cc(/C=N/NC(=O)COc3ccccc3OC)ccc21. The number of aromatic nitrogens is 1. The molecule has 30 heavy (non-hydrogen) atoms. The number of hydrogen-bond acceptors (Lipinski definition) is 4. The monoisotopic (exact) mass is 401 g/mol. The molecule has 0 fully saturated rings. The average molecular weight is 401 g/mol. The highest BCUT2D eigenvalue weighted by molar-refractivity contribution is 6.09. The molecule has 3 aromatic carbocycles. The van der Waals surface area contributed by atoms with Crippen molar-refractivity contribution in [2.24, 2.45) is 5.10 Å². The predicted octanol–water partition coefficient (Wildman–Crippen LogP) is 4.35. The number of amides is 1. The molecule has 0 unspecified atom stereocenters. The molecule has 152 valence electrons. The van der Waals surface area contributed by atoms with E-state index in [1.807, 2.05) is 24.3 Å². The van der Waals surface area contributed by atoms with Crippen LogP contribution >= 0.6 is 0 Å². The minimum atomic E-state index is -0.346. The van der Waals surface area contributed by atoms with Gasteiger partial charge in [0.1, 0.15) is 0 Å². The molecule has 0 aliphatic heterocycles. The molecule has 4 aromatic rings. The third kappa shape index (κ3) is 3.85. The van der Waals surface area contributed by atoms with Crippen LogP contribution in [-0.2, 0) is 11.3 Å². The van der Waals surface area contributed by atoms with Crippen LogP contribution in [0.15, 0.2) is 71.8 Å². The molecule has 0 aliphatic rings. The number of hydrogen-bond donors (Lipinski definition) is 1. The summed E-state index contributed by atoms with van der Waals surface area (Å²) >= 11 is 0. The second kappa shape index (κ2) is 8.69. The number of aryl methyl sites for hydroxylation is 1. The minimum Gasteiger partial charge on any atom is -0.493 e. The van der Waals surface area contributed by atoms with Crippen LogP contribution in [0, 0.1) is 0 Å². The molecule has 0 saturated carbocycles. The van der Waals surface area contributed by atoms with Crippen molar-refractivity contribution in [3.8, 4) is 11.5 Å². The van der Waals surface area contributed by atoms with E-state index in [4.69, 9.17) is 9.47 Å². The fourth-order valence-electron chi connectivity index (χ4n) is 3.58. The van der Waals surface area contributed by atoms with Gasteiger partial charge in [-0.15, -0.1) is 0 Å². The van der Waals surface area contributed by atoms with E-state index in [0.717, 1.165) is 12.1 Å². The lowest BCUT2D eigenvalue weighted by Crippen LogP contribution is -2.24. The lowest BCUT2D eigenvalue weighted by molar-refractivity contribution is -0.123. The van der Waals surface area contributed by atoms with Crippen LogP contribution in [0.1, 0.15) is 12.5 Å². The number of hydrazone groups is 1. The van der Waals surface area contributed by atoms with E-state index < -0.39 is 0 Å². The summed E-state index contributed by atoms with van der Waals surface area (Å²) in [4.78, 5) is 12.0. The number of carbonyl (C=O) groups is 1. The molecule has 0 atom stereocenters. The zero-order chi connectivity index (χ0) is 20.9. The van der Waals surface area contributed by atoms with Gasteiger partial charge >= 0.3 is 0 Å². The number of fused-ring (bicyclic) bond motifs is 3. The normalized spacial score (nSPS) is 11.3. The summed E-state index contributed by atoms with van der Waals surface area (Å²) in [5.41, 5.74) is 5.81. The fourth-order valence-corrected chi connectivity index (χ4v) is 3.58. The van der Waals surface area contributed by atoms with Gasteiger partial charge in [-0.05, 0) is 42.8 Å². The Bertz CT molecular complexity index is 1230. The number of ether oxygens (including phenoxy) is 2. The highest BCUT2D eigenvalue weighted by Crippen LogP contribution is 2.29. The second-order valence-corrected chi connectivity index (χ2v) is 6.77. The molecule has 6 heteroatoms. The Morgan fingerprint density at radius 1 is 1.00 bits per heavy atom. The van der Waals surface area contributed by atoms with E-state index in [0.29, 0.717) is 11.5 Å². The number of benzene rings is 3. The molecule has 0 spiro atoms. The first kappa shape index (κ1) is 19.5. The van der Waals surface area contributed by atoms with Gasteiger partial charge in [-0.25, -0.2) is 5.43 Å². The summed E-state index contributed by atoms with van der Waals surface area (Å²) in [5.74, 6) is 0.742. The zero-order valence-corrected chi connectivity index (χ0v) is 17.0. The number of carbonyl (C=O) groups excluding carboxylic acids is 1. The van der Waals surface area contributed by atoms with E-state index in [2.05, 4.69) is 52.3 Å². The van der Waals surface area contributed by atoms with Crippen molar-refractivity contribution in [2.45, 2.75) is 13.5 Å². The van der Waals surface area contributed by atoms with Crippen LogP contribution in [0.4, 0.5) is 0 Å². The second-order valence-electron chi connectivity index (χ2n) is 6.77. The number of nitrogens with one attached hydrogen (secondary N) is 1. The molecule has 4 rings (SSSR count). The number of rotatable bonds is 7. The molecular formula is C24H23N3O3. The Morgan fingerprint density at radius 2 is 1.73 bits per heavy atom. The van der Waals surface area contributed by atoms with Gasteiger partial charge in [0, 0.05) is 28.4 Å². The van der Waals surface area contributed by atoms with Crippen LogP contribution in [0.3, 0.4) is 0 Å². The van der Waals surface area contributed by atoms with Gasteiger partial charge in [0.15, 0.2) is 18.1 Å². The smallest absolute Gasteiger partial charge is 0.277 e. The molecule has 0 aliphatic carbocycles. The minimum absolute atomic E-state index is 0.152. The van der Waals surface area contributed by atoms with Crippen molar-refractivity contribution < 1.29 is 14.3 Å².